The average molecular weight is 1070 g/mol. The Labute approximate surface area is 474 Å². The fourth-order valence-corrected chi connectivity index (χ4v) is 12.8. The molecule has 0 fully saturated rings. The maximum Gasteiger partial charge on any atom is 0.530 e. The van der Waals surface area contributed by atoms with Crippen LogP contribution in [0.4, 0.5) is 0 Å². The Morgan fingerprint density at radius 3 is 0.697 bits per heavy atom. The van der Waals surface area contributed by atoms with Crippen molar-refractivity contribution < 1.29 is 13.6 Å². The van der Waals surface area contributed by atoms with E-state index in [1.165, 1.54) is 207 Å². The van der Waals surface area contributed by atoms with Gasteiger partial charge in [0, 0.05) is 16.7 Å². The average Bonchev–Trinajstić information content (AvgIpc) is 3.36. The standard InChI is InChI=1S/C72H123O3P/c1-19-25-31-34-40-52-70(13,14)61-55-58(67(7,8)49-37-28-22-4)43-46-64(61)73-76(74-65-47-44-59(68(9,10)50-38-29-23-5)56-62(65)71(15,16)53-41-35-32-26-20-2)75-66-48-45-60(69(11,12)51-39-30-24-6)57-63(66)72(17,18)54-42-36-33-27-21-3/h43-48,55-57H,19-42,49-54H2,1-18H3. The molecule has 0 radical (unpaired) electrons. The van der Waals surface area contributed by atoms with Gasteiger partial charge in [0.1, 0.15) is 17.2 Å². The molecular formula is C72H123O3P. The maximum atomic E-state index is 7.58. The lowest BCUT2D eigenvalue weighted by Crippen LogP contribution is -2.24. The Balaban J connectivity index is 2.40. The van der Waals surface area contributed by atoms with Crippen molar-refractivity contribution in [3.63, 3.8) is 0 Å². The van der Waals surface area contributed by atoms with Crippen molar-refractivity contribution in [1.82, 2.24) is 0 Å². The van der Waals surface area contributed by atoms with Gasteiger partial charge in [-0.3, -0.25) is 0 Å². The fourth-order valence-electron chi connectivity index (χ4n) is 11.8. The molecule has 3 nitrogen and oxygen atoms in total. The molecule has 0 saturated carbocycles. The molecule has 3 rings (SSSR count). The molecule has 0 aliphatic carbocycles. The smallest absolute Gasteiger partial charge is 0.408 e. The Bertz CT molecular complexity index is 1820. The molecule has 0 bridgehead atoms. The molecule has 0 aliphatic heterocycles. The highest BCUT2D eigenvalue weighted by Gasteiger charge is 2.36. The van der Waals surface area contributed by atoms with E-state index in [2.05, 4.69) is 179 Å². The van der Waals surface area contributed by atoms with Crippen molar-refractivity contribution in [3.05, 3.63) is 88.0 Å². The topological polar surface area (TPSA) is 27.7 Å². The summed E-state index contributed by atoms with van der Waals surface area (Å²) in [5, 5.41) is 0. The minimum Gasteiger partial charge on any atom is -0.408 e. The lowest BCUT2D eigenvalue weighted by molar-refractivity contribution is 0.357. The lowest BCUT2D eigenvalue weighted by Gasteiger charge is -2.34. The molecule has 3 aromatic rings. The highest BCUT2D eigenvalue weighted by atomic mass is 31.2. The van der Waals surface area contributed by atoms with Gasteiger partial charge in [0.2, 0.25) is 0 Å². The van der Waals surface area contributed by atoms with Crippen molar-refractivity contribution in [1.29, 1.82) is 0 Å². The van der Waals surface area contributed by atoms with Crippen LogP contribution in [0.15, 0.2) is 54.6 Å². The lowest BCUT2D eigenvalue weighted by atomic mass is 9.74. The molecule has 0 atom stereocenters. The van der Waals surface area contributed by atoms with Gasteiger partial charge in [-0.2, -0.15) is 0 Å². The van der Waals surface area contributed by atoms with Gasteiger partial charge < -0.3 is 13.6 Å². The van der Waals surface area contributed by atoms with Crippen LogP contribution in [0.1, 0.15) is 351 Å². The zero-order valence-corrected chi connectivity index (χ0v) is 54.5. The van der Waals surface area contributed by atoms with E-state index in [9.17, 15) is 0 Å². The van der Waals surface area contributed by atoms with Gasteiger partial charge in [0.15, 0.2) is 0 Å². The van der Waals surface area contributed by atoms with Crippen LogP contribution in [0.3, 0.4) is 0 Å². The fraction of sp³-hybridized carbons (Fsp3) is 0.750. The Morgan fingerprint density at radius 2 is 0.461 bits per heavy atom. The first-order valence-electron chi connectivity index (χ1n) is 32.2. The van der Waals surface area contributed by atoms with E-state index in [4.69, 9.17) is 13.6 Å². The second kappa shape index (κ2) is 33.3. The predicted octanol–water partition coefficient (Wildman–Crippen LogP) is 24.9. The Morgan fingerprint density at radius 1 is 0.263 bits per heavy atom. The minimum atomic E-state index is -1.99. The molecule has 0 aliphatic rings. The summed E-state index contributed by atoms with van der Waals surface area (Å²) in [4.78, 5) is 0. The van der Waals surface area contributed by atoms with Crippen LogP contribution in [0.25, 0.3) is 0 Å². The van der Waals surface area contributed by atoms with Crippen molar-refractivity contribution in [2.75, 3.05) is 0 Å². The monoisotopic (exact) mass is 1070 g/mol. The predicted molar refractivity (Wildman–Crippen MR) is 339 cm³/mol. The summed E-state index contributed by atoms with van der Waals surface area (Å²) in [6, 6.07) is 21.5. The summed E-state index contributed by atoms with van der Waals surface area (Å²) in [5.41, 5.74) is 7.80. The normalized spacial score (nSPS) is 13.0. The van der Waals surface area contributed by atoms with Crippen LogP contribution in [0.2, 0.25) is 0 Å². The van der Waals surface area contributed by atoms with Gasteiger partial charge in [-0.1, -0.05) is 315 Å². The highest BCUT2D eigenvalue weighted by molar-refractivity contribution is 7.43. The molecule has 0 amide bonds. The number of rotatable bonds is 42. The molecule has 0 spiro atoms. The maximum absolute atomic E-state index is 7.58. The first-order valence-corrected chi connectivity index (χ1v) is 33.3. The Kier molecular flexibility index (Phi) is 29.7. The highest BCUT2D eigenvalue weighted by Crippen LogP contribution is 2.52. The third-order valence-electron chi connectivity index (χ3n) is 17.9. The second-order valence-corrected chi connectivity index (χ2v) is 28.8. The van der Waals surface area contributed by atoms with E-state index < -0.39 is 8.60 Å². The molecular weight excluding hydrogens is 944 g/mol. The van der Waals surface area contributed by atoms with Crippen molar-refractivity contribution in [3.8, 4) is 17.2 Å². The summed E-state index contributed by atoms with van der Waals surface area (Å²) in [6.07, 6.45) is 37.0. The van der Waals surface area contributed by atoms with E-state index in [0.717, 1.165) is 36.5 Å². The van der Waals surface area contributed by atoms with Gasteiger partial charge in [0.25, 0.3) is 0 Å². The van der Waals surface area contributed by atoms with Gasteiger partial charge in [0.05, 0.1) is 0 Å². The van der Waals surface area contributed by atoms with Gasteiger partial charge in [-0.15, -0.1) is 0 Å². The van der Waals surface area contributed by atoms with Crippen LogP contribution in [-0.2, 0) is 32.5 Å². The summed E-state index contributed by atoms with van der Waals surface area (Å²) >= 11 is 0. The number of hydrogen-bond acceptors (Lipinski definition) is 3. The molecule has 3 aromatic carbocycles. The second-order valence-electron chi connectivity index (χ2n) is 27.8. The zero-order valence-electron chi connectivity index (χ0n) is 53.6. The van der Waals surface area contributed by atoms with E-state index in [0.29, 0.717) is 0 Å². The molecule has 0 heterocycles. The third kappa shape index (κ3) is 22.2. The largest absolute Gasteiger partial charge is 0.530 e. The van der Waals surface area contributed by atoms with E-state index in [1.54, 1.807) is 0 Å². The van der Waals surface area contributed by atoms with Crippen LogP contribution >= 0.6 is 8.60 Å². The molecule has 4 heteroatoms. The summed E-state index contributed by atoms with van der Waals surface area (Å²) in [6.45, 7) is 43.3. The third-order valence-corrected chi connectivity index (χ3v) is 19.0. The summed E-state index contributed by atoms with van der Waals surface area (Å²) in [7, 11) is -1.99. The van der Waals surface area contributed by atoms with Crippen LogP contribution in [0.5, 0.6) is 17.2 Å². The molecule has 0 N–H and O–H groups in total. The first-order chi connectivity index (χ1) is 35.9. The van der Waals surface area contributed by atoms with Crippen LogP contribution in [-0.4, -0.2) is 0 Å². The Hall–Kier alpha value is -2.51. The van der Waals surface area contributed by atoms with Gasteiger partial charge in [-0.25, -0.2) is 0 Å². The quantitative estimate of drug-likeness (QED) is 0.0418. The van der Waals surface area contributed by atoms with Crippen LogP contribution < -0.4 is 13.6 Å². The molecule has 434 valence electrons. The minimum absolute atomic E-state index is 0.0452. The van der Waals surface area contributed by atoms with Crippen LogP contribution in [0, 0.1) is 0 Å². The molecule has 0 unspecified atom stereocenters. The molecule has 76 heavy (non-hydrogen) atoms. The number of unbranched alkanes of at least 4 members (excludes halogenated alkanes) is 18. The first kappa shape index (κ1) is 67.8. The van der Waals surface area contributed by atoms with Crippen molar-refractivity contribution in [2.45, 2.75) is 350 Å². The summed E-state index contributed by atoms with van der Waals surface area (Å²) < 4.78 is 22.8. The van der Waals surface area contributed by atoms with Gasteiger partial charge in [-0.05, 0) is 106 Å². The van der Waals surface area contributed by atoms with E-state index >= 15 is 0 Å². The SMILES string of the molecule is CCCCCCCC(C)(C)c1cc(C(C)(C)CCCCC)ccc1OP(Oc1ccc(C(C)(C)CCCCC)cc1C(C)(C)CCCCCCC)Oc1ccc(C(C)(C)CCCCC)cc1C(C)(C)CCCCCCC. The molecule has 0 aromatic heterocycles. The van der Waals surface area contributed by atoms with E-state index in [1.807, 2.05) is 0 Å². The molecule has 0 saturated heterocycles. The summed E-state index contributed by atoms with van der Waals surface area (Å²) in [5.74, 6) is 2.69. The number of benzene rings is 3. The number of hydrogen-bond donors (Lipinski definition) is 0. The zero-order chi connectivity index (χ0) is 56.5. The van der Waals surface area contributed by atoms with E-state index in [-0.39, 0.29) is 32.5 Å². The van der Waals surface area contributed by atoms with Crippen molar-refractivity contribution >= 4 is 8.60 Å². The van der Waals surface area contributed by atoms with Gasteiger partial charge >= 0.3 is 8.60 Å². The van der Waals surface area contributed by atoms with Crippen molar-refractivity contribution in [2.24, 2.45) is 0 Å².